The van der Waals surface area contributed by atoms with Crippen molar-refractivity contribution in [2.75, 3.05) is 0 Å². The second-order valence-corrected chi connectivity index (χ2v) is 7.45. The van der Waals surface area contributed by atoms with Crippen molar-refractivity contribution in [3.8, 4) is 28.2 Å². The molecule has 0 N–H and O–H groups in total. The third-order valence-electron chi connectivity index (χ3n) is 4.72. The van der Waals surface area contributed by atoms with Crippen molar-refractivity contribution < 1.29 is 0 Å². The minimum atomic E-state index is 0.852. The first kappa shape index (κ1) is 16.9. The van der Waals surface area contributed by atoms with Gasteiger partial charge in [-0.2, -0.15) is 5.10 Å². The molecule has 0 spiro atoms. The number of aromatic nitrogens is 3. The molecule has 0 amide bonds. The maximum atomic E-state index is 4.98. The van der Waals surface area contributed by atoms with E-state index in [-0.39, 0.29) is 0 Å². The molecule has 0 bridgehead atoms. The molecule has 0 fully saturated rings. The molecule has 2 aromatic heterocycles. The molecule has 3 aromatic carbocycles. The van der Waals surface area contributed by atoms with Crippen molar-refractivity contribution in [3.63, 3.8) is 0 Å². The van der Waals surface area contributed by atoms with Crippen LogP contribution < -0.4 is 0 Å². The van der Waals surface area contributed by atoms with Gasteiger partial charge in [0.15, 0.2) is 5.65 Å². The van der Waals surface area contributed by atoms with Gasteiger partial charge < -0.3 is 0 Å². The normalized spacial score (nSPS) is 11.0. The van der Waals surface area contributed by atoms with E-state index in [1.165, 1.54) is 0 Å². The SMILES string of the molecule is Brc1ccc(-c2nn(-c3ccccc3)c3nc(-c4ccccc4)ccc23)cc1. The summed E-state index contributed by atoms with van der Waals surface area (Å²) < 4.78 is 2.98. The molecular weight excluding hydrogens is 410 g/mol. The van der Waals surface area contributed by atoms with E-state index in [0.29, 0.717) is 0 Å². The van der Waals surface area contributed by atoms with Crippen LogP contribution in [0.2, 0.25) is 0 Å². The van der Waals surface area contributed by atoms with Crippen LogP contribution in [0.5, 0.6) is 0 Å². The summed E-state index contributed by atoms with van der Waals surface area (Å²) in [6, 6.07) is 32.8. The number of fused-ring (bicyclic) bond motifs is 1. The van der Waals surface area contributed by atoms with Gasteiger partial charge in [-0.15, -0.1) is 0 Å². The van der Waals surface area contributed by atoms with Crippen LogP contribution in [0.4, 0.5) is 0 Å². The smallest absolute Gasteiger partial charge is 0.164 e. The maximum absolute atomic E-state index is 4.98. The van der Waals surface area contributed by atoms with E-state index >= 15 is 0 Å². The fourth-order valence-corrected chi connectivity index (χ4v) is 3.60. The summed E-state index contributed by atoms with van der Waals surface area (Å²) >= 11 is 3.51. The van der Waals surface area contributed by atoms with Crippen LogP contribution >= 0.6 is 15.9 Å². The first-order chi connectivity index (χ1) is 13.8. The number of nitrogens with zero attached hydrogens (tertiary/aromatic N) is 3. The number of benzene rings is 3. The van der Waals surface area contributed by atoms with Crippen molar-refractivity contribution in [2.24, 2.45) is 0 Å². The van der Waals surface area contributed by atoms with Gasteiger partial charge in [0, 0.05) is 21.0 Å². The van der Waals surface area contributed by atoms with Crippen molar-refractivity contribution in [3.05, 3.63) is 102 Å². The highest BCUT2D eigenvalue weighted by Gasteiger charge is 2.16. The topological polar surface area (TPSA) is 30.7 Å². The Hall–Kier alpha value is -3.24. The van der Waals surface area contributed by atoms with E-state index in [1.54, 1.807) is 0 Å². The molecule has 134 valence electrons. The quantitative estimate of drug-likeness (QED) is 0.329. The summed E-state index contributed by atoms with van der Waals surface area (Å²) in [5.41, 5.74) is 5.87. The number of halogens is 1. The molecule has 4 heteroatoms. The first-order valence-corrected chi connectivity index (χ1v) is 9.85. The molecule has 5 rings (SSSR count). The second-order valence-electron chi connectivity index (χ2n) is 6.54. The largest absolute Gasteiger partial charge is 0.228 e. The summed E-state index contributed by atoms with van der Waals surface area (Å²) in [6.45, 7) is 0. The number of hydrogen-bond acceptors (Lipinski definition) is 2. The molecule has 0 unspecified atom stereocenters. The van der Waals surface area contributed by atoms with Crippen LogP contribution in [0.25, 0.3) is 39.2 Å². The predicted molar refractivity (Wildman–Crippen MR) is 117 cm³/mol. The lowest BCUT2D eigenvalue weighted by molar-refractivity contribution is 0.901. The summed E-state index contributed by atoms with van der Waals surface area (Å²) in [5, 5.41) is 5.97. The molecule has 0 aliphatic rings. The van der Waals surface area contributed by atoms with Gasteiger partial charge in [-0.05, 0) is 36.4 Å². The molecule has 0 aliphatic carbocycles. The fourth-order valence-electron chi connectivity index (χ4n) is 3.34. The van der Waals surface area contributed by atoms with Crippen LogP contribution in [0, 0.1) is 0 Å². The number of pyridine rings is 1. The Bertz CT molecular complexity index is 1240. The Kier molecular flexibility index (Phi) is 4.26. The minimum absolute atomic E-state index is 0.852. The average Bonchev–Trinajstić information content (AvgIpc) is 3.14. The third kappa shape index (κ3) is 3.02. The second kappa shape index (κ2) is 7.06. The van der Waals surface area contributed by atoms with Crippen LogP contribution in [0.3, 0.4) is 0 Å². The fraction of sp³-hybridized carbons (Fsp3) is 0. The maximum Gasteiger partial charge on any atom is 0.164 e. The van der Waals surface area contributed by atoms with E-state index < -0.39 is 0 Å². The Morgan fingerprint density at radius 3 is 2.04 bits per heavy atom. The van der Waals surface area contributed by atoms with Gasteiger partial charge in [0.25, 0.3) is 0 Å². The van der Waals surface area contributed by atoms with E-state index in [4.69, 9.17) is 10.1 Å². The molecule has 0 saturated carbocycles. The minimum Gasteiger partial charge on any atom is -0.228 e. The lowest BCUT2D eigenvalue weighted by atomic mass is 10.1. The molecule has 5 aromatic rings. The highest BCUT2D eigenvalue weighted by Crippen LogP contribution is 2.31. The van der Waals surface area contributed by atoms with Gasteiger partial charge >= 0.3 is 0 Å². The van der Waals surface area contributed by atoms with Gasteiger partial charge in [-0.1, -0.05) is 76.6 Å². The number of hydrogen-bond donors (Lipinski definition) is 0. The monoisotopic (exact) mass is 425 g/mol. The van der Waals surface area contributed by atoms with E-state index in [0.717, 1.165) is 43.7 Å². The van der Waals surface area contributed by atoms with Crippen molar-refractivity contribution >= 4 is 27.0 Å². The Labute approximate surface area is 171 Å². The van der Waals surface area contributed by atoms with Gasteiger partial charge in [0.2, 0.25) is 0 Å². The summed E-state index contributed by atoms with van der Waals surface area (Å²) in [6.07, 6.45) is 0. The molecule has 0 saturated heterocycles. The van der Waals surface area contributed by atoms with Crippen molar-refractivity contribution in [1.82, 2.24) is 14.8 Å². The van der Waals surface area contributed by atoms with Crippen molar-refractivity contribution in [1.29, 1.82) is 0 Å². The predicted octanol–water partition coefficient (Wildman–Crippen LogP) is 6.52. The summed E-state index contributed by atoms with van der Waals surface area (Å²) in [5.74, 6) is 0. The zero-order valence-corrected chi connectivity index (χ0v) is 16.5. The Balaban J connectivity index is 1.77. The molecular formula is C24H16BrN3. The molecule has 3 nitrogen and oxygen atoms in total. The molecule has 0 radical (unpaired) electrons. The summed E-state index contributed by atoms with van der Waals surface area (Å²) in [7, 11) is 0. The zero-order chi connectivity index (χ0) is 18.9. The number of para-hydroxylation sites is 1. The van der Waals surface area contributed by atoms with Crippen molar-refractivity contribution in [2.45, 2.75) is 0 Å². The molecule has 2 heterocycles. The number of rotatable bonds is 3. The molecule has 28 heavy (non-hydrogen) atoms. The third-order valence-corrected chi connectivity index (χ3v) is 5.25. The van der Waals surface area contributed by atoms with Crippen LogP contribution in [0.15, 0.2) is 102 Å². The highest BCUT2D eigenvalue weighted by atomic mass is 79.9. The molecule has 0 atom stereocenters. The average molecular weight is 426 g/mol. The van der Waals surface area contributed by atoms with Crippen LogP contribution in [0.1, 0.15) is 0 Å². The van der Waals surface area contributed by atoms with Gasteiger partial charge in [-0.3, -0.25) is 0 Å². The molecule has 0 aliphatic heterocycles. The lowest BCUT2D eigenvalue weighted by Crippen LogP contribution is -1.98. The van der Waals surface area contributed by atoms with Gasteiger partial charge in [0.1, 0.15) is 5.69 Å². The Morgan fingerprint density at radius 2 is 1.32 bits per heavy atom. The zero-order valence-electron chi connectivity index (χ0n) is 15.0. The van der Waals surface area contributed by atoms with E-state index in [2.05, 4.69) is 64.5 Å². The Morgan fingerprint density at radius 1 is 0.643 bits per heavy atom. The van der Waals surface area contributed by atoms with Gasteiger partial charge in [0.05, 0.1) is 11.4 Å². The van der Waals surface area contributed by atoms with E-state index in [1.807, 2.05) is 53.2 Å². The van der Waals surface area contributed by atoms with Gasteiger partial charge in [-0.25, -0.2) is 9.67 Å². The summed E-state index contributed by atoms with van der Waals surface area (Å²) in [4.78, 5) is 4.98. The van der Waals surface area contributed by atoms with E-state index in [9.17, 15) is 0 Å². The first-order valence-electron chi connectivity index (χ1n) is 9.06. The van der Waals surface area contributed by atoms with Crippen LogP contribution in [-0.2, 0) is 0 Å². The highest BCUT2D eigenvalue weighted by molar-refractivity contribution is 9.10. The van der Waals surface area contributed by atoms with Crippen LogP contribution in [-0.4, -0.2) is 14.8 Å². The lowest BCUT2D eigenvalue weighted by Gasteiger charge is -2.04. The standard InChI is InChI=1S/C24H16BrN3/c25-19-13-11-18(12-14-19)23-21-15-16-22(17-7-3-1-4-8-17)26-24(21)28(27-23)20-9-5-2-6-10-20/h1-16H.